The van der Waals surface area contributed by atoms with Crippen molar-refractivity contribution in [2.24, 2.45) is 5.73 Å². The smallest absolute Gasteiger partial charge is 0.315 e. The van der Waals surface area contributed by atoms with E-state index >= 15 is 0 Å². The van der Waals surface area contributed by atoms with E-state index in [1.807, 2.05) is 29.2 Å². The molecular formula is C27H29N5O4S. The second kappa shape index (κ2) is 10.1. The summed E-state index contributed by atoms with van der Waals surface area (Å²) < 4.78 is 14.2. The van der Waals surface area contributed by atoms with Gasteiger partial charge in [0.05, 0.1) is 48.4 Å². The number of morpholine rings is 2. The summed E-state index contributed by atoms with van der Waals surface area (Å²) in [6, 6.07) is 13.9. The van der Waals surface area contributed by atoms with Crippen LogP contribution in [0.2, 0.25) is 0 Å². The molecule has 2 saturated heterocycles. The highest BCUT2D eigenvalue weighted by Gasteiger charge is 2.27. The summed E-state index contributed by atoms with van der Waals surface area (Å²) in [4.78, 5) is 33.7. The fraction of sp³-hybridized carbons (Fsp3) is 0.370. The molecule has 0 aliphatic carbocycles. The van der Waals surface area contributed by atoms with Gasteiger partial charge >= 0.3 is 6.03 Å². The molecule has 10 heteroatoms. The Morgan fingerprint density at radius 3 is 2.59 bits per heavy atom. The Labute approximate surface area is 218 Å². The van der Waals surface area contributed by atoms with Gasteiger partial charge in [0.15, 0.2) is 4.96 Å². The number of imidazole rings is 1. The normalized spacial score (nSPS) is 18.5. The maximum absolute atomic E-state index is 12.5. The number of primary amides is 1. The maximum atomic E-state index is 12.5. The number of rotatable bonds is 5. The van der Waals surface area contributed by atoms with Gasteiger partial charge in [0.1, 0.15) is 0 Å². The van der Waals surface area contributed by atoms with Crippen molar-refractivity contribution in [3.05, 3.63) is 59.8 Å². The van der Waals surface area contributed by atoms with Crippen LogP contribution in [-0.2, 0) is 20.7 Å². The molecule has 2 aromatic heterocycles. The third-order valence-electron chi connectivity index (χ3n) is 7.15. The molecule has 9 nitrogen and oxygen atoms in total. The molecule has 3 amide bonds. The predicted molar refractivity (Wildman–Crippen MR) is 142 cm³/mol. The van der Waals surface area contributed by atoms with Crippen LogP contribution in [-0.4, -0.2) is 77.2 Å². The van der Waals surface area contributed by atoms with E-state index in [4.69, 9.17) is 20.2 Å². The van der Waals surface area contributed by atoms with Gasteiger partial charge in [-0.2, -0.15) is 0 Å². The molecule has 192 valence electrons. The molecule has 4 aromatic rings. The summed E-state index contributed by atoms with van der Waals surface area (Å²) in [5, 5.41) is 0. The first-order valence-corrected chi connectivity index (χ1v) is 13.4. The Bertz CT molecular complexity index is 1440. The number of benzene rings is 2. The monoisotopic (exact) mass is 519 g/mol. The molecule has 2 aliphatic rings. The molecule has 37 heavy (non-hydrogen) atoms. The third-order valence-corrected chi connectivity index (χ3v) is 8.17. The number of amides is 3. The average Bonchev–Trinajstić information content (AvgIpc) is 3.50. The zero-order chi connectivity index (χ0) is 25.4. The average molecular weight is 520 g/mol. The first kappa shape index (κ1) is 23.9. The lowest BCUT2D eigenvalue weighted by Crippen LogP contribution is -2.45. The molecule has 0 spiro atoms. The number of thiazole rings is 1. The summed E-state index contributed by atoms with van der Waals surface area (Å²) in [6.07, 6.45) is 3.30. The molecule has 1 unspecified atom stereocenters. The Balaban J connectivity index is 1.17. The van der Waals surface area contributed by atoms with Crippen LogP contribution in [0.3, 0.4) is 0 Å². The standard InChI is InChI=1S/C27H29N5O4S/c28-26(34)31-11-14-36-17-23(31)20-5-3-19(4-6-20)21-16-32-22-7-1-18(15-24(22)37-27(32)29-21)2-8-25(33)30-9-12-35-13-10-30/h1,3-7,15-16,23H,2,8-14,17H2,(H2,28,34). The number of hydrogen-bond acceptors (Lipinski definition) is 6. The van der Waals surface area contributed by atoms with Crippen molar-refractivity contribution in [2.45, 2.75) is 18.9 Å². The van der Waals surface area contributed by atoms with Crippen LogP contribution in [0.4, 0.5) is 4.79 Å². The first-order chi connectivity index (χ1) is 18.1. The van der Waals surface area contributed by atoms with Crippen LogP contribution in [0.5, 0.6) is 0 Å². The van der Waals surface area contributed by atoms with Crippen LogP contribution in [0.25, 0.3) is 26.4 Å². The molecule has 2 aromatic carbocycles. The molecule has 2 N–H and O–H groups in total. The van der Waals surface area contributed by atoms with Crippen LogP contribution < -0.4 is 5.73 Å². The van der Waals surface area contributed by atoms with Crippen LogP contribution in [0, 0.1) is 0 Å². The molecule has 4 heterocycles. The Morgan fingerprint density at radius 2 is 1.81 bits per heavy atom. The number of aryl methyl sites for hydroxylation is 1. The number of carbonyl (C=O) groups is 2. The zero-order valence-corrected chi connectivity index (χ0v) is 21.3. The van der Waals surface area contributed by atoms with Gasteiger partial charge in [-0.3, -0.25) is 9.20 Å². The third kappa shape index (κ3) is 4.79. The largest absolute Gasteiger partial charge is 0.378 e. The second-order valence-corrected chi connectivity index (χ2v) is 10.4. The minimum Gasteiger partial charge on any atom is -0.378 e. The molecule has 0 radical (unpaired) electrons. The molecule has 1 atom stereocenters. The van der Waals surface area contributed by atoms with Crippen molar-refractivity contribution in [1.29, 1.82) is 0 Å². The molecule has 6 rings (SSSR count). The van der Waals surface area contributed by atoms with E-state index in [0.29, 0.717) is 52.5 Å². The fourth-order valence-corrected chi connectivity index (χ4v) is 6.15. The number of fused-ring (bicyclic) bond motifs is 3. The lowest BCUT2D eigenvalue weighted by Gasteiger charge is -2.34. The fourth-order valence-electron chi connectivity index (χ4n) is 5.08. The number of urea groups is 1. The van der Waals surface area contributed by atoms with E-state index in [1.165, 1.54) is 0 Å². The summed E-state index contributed by atoms with van der Waals surface area (Å²) >= 11 is 1.65. The van der Waals surface area contributed by atoms with E-state index < -0.39 is 6.03 Å². The van der Waals surface area contributed by atoms with Crippen molar-refractivity contribution in [2.75, 3.05) is 46.1 Å². The number of hydrogen-bond donors (Lipinski definition) is 1. The summed E-state index contributed by atoms with van der Waals surface area (Å²) in [7, 11) is 0. The van der Waals surface area contributed by atoms with E-state index in [2.05, 4.69) is 28.8 Å². The van der Waals surface area contributed by atoms with Crippen molar-refractivity contribution >= 4 is 38.5 Å². The van der Waals surface area contributed by atoms with Crippen molar-refractivity contribution in [3.63, 3.8) is 0 Å². The quantitative estimate of drug-likeness (QED) is 0.435. The molecule has 0 saturated carbocycles. The zero-order valence-electron chi connectivity index (χ0n) is 20.5. The van der Waals surface area contributed by atoms with Gasteiger partial charge in [-0.15, -0.1) is 0 Å². The van der Waals surface area contributed by atoms with E-state index in [-0.39, 0.29) is 11.9 Å². The molecule has 2 fully saturated rings. The van der Waals surface area contributed by atoms with Crippen molar-refractivity contribution in [1.82, 2.24) is 19.2 Å². The Hall–Kier alpha value is -3.47. The number of nitrogens with zero attached hydrogens (tertiary/aromatic N) is 4. The van der Waals surface area contributed by atoms with Gasteiger partial charge in [-0.1, -0.05) is 41.7 Å². The Kier molecular flexibility index (Phi) is 6.54. The highest BCUT2D eigenvalue weighted by atomic mass is 32.1. The van der Waals surface area contributed by atoms with Crippen molar-refractivity contribution in [3.8, 4) is 11.3 Å². The summed E-state index contributed by atoms with van der Waals surface area (Å²) in [5.41, 5.74) is 10.7. The summed E-state index contributed by atoms with van der Waals surface area (Å²) in [6.45, 7) is 4.07. The first-order valence-electron chi connectivity index (χ1n) is 12.6. The maximum Gasteiger partial charge on any atom is 0.315 e. The van der Waals surface area contributed by atoms with Gasteiger partial charge in [-0.05, 0) is 29.7 Å². The molecule has 0 bridgehead atoms. The summed E-state index contributed by atoms with van der Waals surface area (Å²) in [5.74, 6) is 0.193. The number of nitrogens with two attached hydrogens (primary N) is 1. The highest BCUT2D eigenvalue weighted by Crippen LogP contribution is 2.32. The van der Waals surface area contributed by atoms with Gasteiger partial charge in [-0.25, -0.2) is 9.78 Å². The number of ether oxygens (including phenoxy) is 2. The second-order valence-electron chi connectivity index (χ2n) is 9.42. The highest BCUT2D eigenvalue weighted by molar-refractivity contribution is 7.23. The van der Waals surface area contributed by atoms with E-state index in [9.17, 15) is 9.59 Å². The lowest BCUT2D eigenvalue weighted by atomic mass is 10.0. The van der Waals surface area contributed by atoms with Gasteiger partial charge < -0.3 is 25.0 Å². The van der Waals surface area contributed by atoms with Crippen molar-refractivity contribution < 1.29 is 19.1 Å². The van der Waals surface area contributed by atoms with Gasteiger partial charge in [0, 0.05) is 37.8 Å². The minimum absolute atomic E-state index is 0.173. The van der Waals surface area contributed by atoms with E-state index in [1.54, 1.807) is 16.2 Å². The van der Waals surface area contributed by atoms with Gasteiger partial charge in [0.25, 0.3) is 0 Å². The van der Waals surface area contributed by atoms with Crippen LogP contribution in [0.15, 0.2) is 48.7 Å². The lowest BCUT2D eigenvalue weighted by molar-refractivity contribution is -0.135. The van der Waals surface area contributed by atoms with Crippen LogP contribution >= 0.6 is 11.3 Å². The molecule has 2 aliphatic heterocycles. The Morgan fingerprint density at radius 1 is 1.03 bits per heavy atom. The SMILES string of the molecule is NC(=O)N1CCOCC1c1ccc(-c2cn3c(n2)sc2cc(CCC(=O)N4CCOCC4)ccc23)cc1. The topological polar surface area (TPSA) is 102 Å². The molecular weight excluding hydrogens is 490 g/mol. The minimum atomic E-state index is -0.426. The number of aromatic nitrogens is 2. The number of carbonyl (C=O) groups excluding carboxylic acids is 2. The van der Waals surface area contributed by atoms with Crippen LogP contribution in [0.1, 0.15) is 23.6 Å². The van der Waals surface area contributed by atoms with Gasteiger partial charge in [0.2, 0.25) is 5.91 Å². The predicted octanol–water partition coefficient (Wildman–Crippen LogP) is 3.46. The van der Waals surface area contributed by atoms with E-state index in [0.717, 1.165) is 44.0 Å².